The van der Waals surface area contributed by atoms with Crippen LogP contribution in [0.3, 0.4) is 0 Å². The van der Waals surface area contributed by atoms with Gasteiger partial charge in [-0.2, -0.15) is 0 Å². The summed E-state index contributed by atoms with van der Waals surface area (Å²) in [5.74, 6) is 0.434. The van der Waals surface area contributed by atoms with Crippen LogP contribution in [-0.4, -0.2) is 42.6 Å². The second-order valence-corrected chi connectivity index (χ2v) is 12.5. The lowest BCUT2D eigenvalue weighted by molar-refractivity contribution is 0.413. The Kier molecular flexibility index (Phi) is 8.65. The molecule has 0 amide bonds. The first kappa shape index (κ1) is 29.0. The summed E-state index contributed by atoms with van der Waals surface area (Å²) in [6.45, 7) is 5.57. The van der Waals surface area contributed by atoms with Gasteiger partial charge in [0.1, 0.15) is 23.2 Å². The number of sulfonamides is 1. The number of thioether (sulfide) groups is 1. The van der Waals surface area contributed by atoms with Crippen molar-refractivity contribution in [2.24, 2.45) is 0 Å². The molecule has 1 heterocycles. The minimum atomic E-state index is -3.90. The van der Waals surface area contributed by atoms with Crippen LogP contribution in [0.25, 0.3) is 5.69 Å². The van der Waals surface area contributed by atoms with Crippen LogP contribution >= 0.6 is 23.4 Å². The number of aryl methyl sites for hydroxylation is 1. The first-order valence-electron chi connectivity index (χ1n) is 11.9. The van der Waals surface area contributed by atoms with Gasteiger partial charge < -0.3 is 4.74 Å². The van der Waals surface area contributed by atoms with E-state index >= 15 is 0 Å². The highest BCUT2D eigenvalue weighted by molar-refractivity contribution is 7.99. The van der Waals surface area contributed by atoms with Crippen LogP contribution in [0.2, 0.25) is 5.02 Å². The Balaban J connectivity index is 1.61. The zero-order chi connectivity index (χ0) is 28.4. The van der Waals surface area contributed by atoms with E-state index in [0.29, 0.717) is 38.8 Å². The smallest absolute Gasteiger partial charge is 0.240 e. The van der Waals surface area contributed by atoms with Crippen molar-refractivity contribution in [2.75, 3.05) is 19.4 Å². The Bertz CT molecular complexity index is 1590. The molecular formula is C27H27ClF2N4O3S2. The SMILES string of the molecule is COc1cc(C(C)(C)c2nnc(SCCNS(=O)(=O)c3ccc(C)c(F)c3)n2-c2ccc(F)cc2)ccc1Cl. The van der Waals surface area contributed by atoms with Gasteiger partial charge in [-0.3, -0.25) is 4.57 Å². The van der Waals surface area contributed by atoms with E-state index in [1.165, 1.54) is 43.1 Å². The summed E-state index contributed by atoms with van der Waals surface area (Å²) in [4.78, 5) is -0.146. The number of benzene rings is 3. The second kappa shape index (κ2) is 11.6. The molecule has 0 unspecified atom stereocenters. The lowest BCUT2D eigenvalue weighted by Crippen LogP contribution is -2.26. The fraction of sp³-hybridized carbons (Fsp3) is 0.259. The monoisotopic (exact) mass is 592 g/mol. The third kappa shape index (κ3) is 6.27. The molecule has 0 saturated carbocycles. The quantitative estimate of drug-likeness (QED) is 0.182. The van der Waals surface area contributed by atoms with Crippen LogP contribution in [0.1, 0.15) is 30.8 Å². The van der Waals surface area contributed by atoms with Crippen molar-refractivity contribution in [1.29, 1.82) is 0 Å². The second-order valence-electron chi connectivity index (χ2n) is 9.25. The molecule has 12 heteroatoms. The van der Waals surface area contributed by atoms with Gasteiger partial charge in [-0.25, -0.2) is 21.9 Å². The summed E-state index contributed by atoms with van der Waals surface area (Å²) in [5.41, 5.74) is 1.20. The summed E-state index contributed by atoms with van der Waals surface area (Å²) in [7, 11) is -2.36. The van der Waals surface area contributed by atoms with E-state index in [0.717, 1.165) is 11.6 Å². The van der Waals surface area contributed by atoms with Gasteiger partial charge in [0.15, 0.2) is 5.16 Å². The normalized spacial score (nSPS) is 12.1. The van der Waals surface area contributed by atoms with Crippen molar-refractivity contribution >= 4 is 33.4 Å². The third-order valence-electron chi connectivity index (χ3n) is 6.23. The van der Waals surface area contributed by atoms with Crippen LogP contribution in [0.4, 0.5) is 8.78 Å². The Hall–Kier alpha value is -2.99. The summed E-state index contributed by atoms with van der Waals surface area (Å²) >= 11 is 7.51. The summed E-state index contributed by atoms with van der Waals surface area (Å²) in [6.07, 6.45) is 0. The van der Waals surface area contributed by atoms with Crippen LogP contribution in [0, 0.1) is 18.6 Å². The first-order valence-corrected chi connectivity index (χ1v) is 14.7. The fourth-order valence-electron chi connectivity index (χ4n) is 3.91. The maximum atomic E-state index is 13.9. The molecule has 39 heavy (non-hydrogen) atoms. The van der Waals surface area contributed by atoms with E-state index < -0.39 is 21.3 Å². The van der Waals surface area contributed by atoms with Gasteiger partial charge in [0.25, 0.3) is 0 Å². The highest BCUT2D eigenvalue weighted by Gasteiger charge is 2.32. The maximum absolute atomic E-state index is 13.9. The molecule has 206 valence electrons. The van der Waals surface area contributed by atoms with E-state index in [-0.39, 0.29) is 17.3 Å². The van der Waals surface area contributed by atoms with Gasteiger partial charge in [-0.05, 0) is 80.4 Å². The van der Waals surface area contributed by atoms with Gasteiger partial charge in [-0.15, -0.1) is 10.2 Å². The first-order chi connectivity index (χ1) is 18.4. The number of rotatable bonds is 10. The molecule has 4 aromatic rings. The van der Waals surface area contributed by atoms with Crippen molar-refractivity contribution in [2.45, 2.75) is 36.2 Å². The van der Waals surface area contributed by atoms with E-state index in [9.17, 15) is 17.2 Å². The van der Waals surface area contributed by atoms with Crippen molar-refractivity contribution in [3.63, 3.8) is 0 Å². The lowest BCUT2D eigenvalue weighted by Gasteiger charge is -2.26. The highest BCUT2D eigenvalue weighted by atomic mass is 35.5. The highest BCUT2D eigenvalue weighted by Crippen LogP contribution is 2.37. The molecule has 4 rings (SSSR count). The predicted molar refractivity (Wildman–Crippen MR) is 148 cm³/mol. The number of halogens is 3. The largest absolute Gasteiger partial charge is 0.495 e. The Morgan fingerprint density at radius 3 is 2.44 bits per heavy atom. The molecule has 0 aliphatic heterocycles. The summed E-state index contributed by atoms with van der Waals surface area (Å²) in [6, 6.07) is 15.2. The molecule has 3 aromatic carbocycles. The molecular weight excluding hydrogens is 566 g/mol. The molecule has 1 N–H and O–H groups in total. The fourth-order valence-corrected chi connectivity index (χ4v) is 6.08. The van der Waals surface area contributed by atoms with E-state index in [4.69, 9.17) is 16.3 Å². The third-order valence-corrected chi connectivity index (χ3v) is 8.93. The molecule has 0 saturated heterocycles. The van der Waals surface area contributed by atoms with Gasteiger partial charge in [-0.1, -0.05) is 35.5 Å². The average molecular weight is 593 g/mol. The van der Waals surface area contributed by atoms with Crippen molar-refractivity contribution in [1.82, 2.24) is 19.5 Å². The molecule has 7 nitrogen and oxygen atoms in total. The Morgan fingerprint density at radius 1 is 1.05 bits per heavy atom. The molecule has 0 atom stereocenters. The van der Waals surface area contributed by atoms with Gasteiger partial charge in [0.2, 0.25) is 10.0 Å². The minimum Gasteiger partial charge on any atom is -0.495 e. The Labute approximate surface area is 235 Å². The van der Waals surface area contributed by atoms with Gasteiger partial charge in [0.05, 0.1) is 22.4 Å². The predicted octanol–water partition coefficient (Wildman–Crippen LogP) is 5.91. The molecule has 0 aliphatic rings. The topological polar surface area (TPSA) is 86.1 Å². The van der Waals surface area contributed by atoms with Crippen LogP contribution < -0.4 is 9.46 Å². The zero-order valence-electron chi connectivity index (χ0n) is 21.7. The van der Waals surface area contributed by atoms with Crippen LogP contribution in [-0.2, 0) is 15.4 Å². The average Bonchev–Trinajstić information content (AvgIpc) is 3.33. The van der Waals surface area contributed by atoms with Crippen molar-refractivity contribution < 1.29 is 21.9 Å². The zero-order valence-corrected chi connectivity index (χ0v) is 24.1. The van der Waals surface area contributed by atoms with Crippen molar-refractivity contribution in [3.8, 4) is 11.4 Å². The van der Waals surface area contributed by atoms with Crippen LogP contribution in [0.5, 0.6) is 5.75 Å². The molecule has 0 radical (unpaired) electrons. The molecule has 0 aliphatic carbocycles. The number of ether oxygens (including phenoxy) is 1. The van der Waals surface area contributed by atoms with E-state index in [1.807, 2.05) is 30.5 Å². The number of hydrogen-bond acceptors (Lipinski definition) is 6. The minimum absolute atomic E-state index is 0.0614. The van der Waals surface area contributed by atoms with E-state index in [2.05, 4.69) is 14.9 Å². The molecule has 0 fully saturated rings. The number of nitrogens with zero attached hydrogens (tertiary/aromatic N) is 3. The number of methoxy groups -OCH3 is 1. The summed E-state index contributed by atoms with van der Waals surface area (Å²) < 4.78 is 62.6. The number of aromatic nitrogens is 3. The lowest BCUT2D eigenvalue weighted by atomic mass is 9.83. The number of nitrogens with one attached hydrogen (secondary N) is 1. The van der Waals surface area contributed by atoms with Crippen LogP contribution in [0.15, 0.2) is 70.7 Å². The van der Waals surface area contributed by atoms with Gasteiger partial charge >= 0.3 is 0 Å². The summed E-state index contributed by atoms with van der Waals surface area (Å²) in [5, 5.41) is 9.82. The standard InChI is InChI=1S/C27H27ClF2N4O3S2/c1-17-5-11-21(16-23(17)30)39(35,36)31-13-14-38-26-33-32-25(34(26)20-9-7-19(29)8-10-20)27(2,3)18-6-12-22(28)24(15-18)37-4/h5-12,15-16,31H,13-14H2,1-4H3. The molecule has 1 aromatic heterocycles. The van der Waals surface area contributed by atoms with Crippen molar-refractivity contribution in [3.05, 3.63) is 94.3 Å². The van der Waals surface area contributed by atoms with E-state index in [1.54, 1.807) is 25.1 Å². The van der Waals surface area contributed by atoms with Gasteiger partial charge in [0, 0.05) is 18.0 Å². The Morgan fingerprint density at radius 2 is 1.77 bits per heavy atom. The molecule has 0 spiro atoms. The molecule has 0 bridgehead atoms. The maximum Gasteiger partial charge on any atom is 0.240 e. The number of hydrogen-bond donors (Lipinski definition) is 1.